The van der Waals surface area contributed by atoms with E-state index >= 15 is 0 Å². The van der Waals surface area contributed by atoms with Crippen molar-refractivity contribution in [1.82, 2.24) is 14.7 Å². The Hall–Kier alpha value is -1.18. The molecule has 0 unspecified atom stereocenters. The summed E-state index contributed by atoms with van der Waals surface area (Å²) in [7, 11) is 13.1. The van der Waals surface area contributed by atoms with Gasteiger partial charge in [0, 0.05) is 53.7 Å². The van der Waals surface area contributed by atoms with Gasteiger partial charge in [0.1, 0.15) is 0 Å². The summed E-state index contributed by atoms with van der Waals surface area (Å²) >= 11 is 0. The lowest BCUT2D eigenvalue weighted by Crippen LogP contribution is -2.35. The van der Waals surface area contributed by atoms with Crippen molar-refractivity contribution in [3.63, 3.8) is 0 Å². The number of nitrogens with zero attached hydrogens (tertiary/aromatic N) is 3. The molecule has 1 N–H and O–H groups in total. The highest BCUT2D eigenvalue weighted by atomic mass is 16.5. The second kappa shape index (κ2) is 24.5. The average Bonchev–Trinajstić information content (AvgIpc) is 2.79. The molecule has 0 atom stereocenters. The molecule has 0 aliphatic heterocycles. The molecule has 0 bridgehead atoms. The quantitative estimate of drug-likeness (QED) is 0.309. The first-order valence-electron chi connectivity index (χ1n) is 19.7. The average molecular weight is 762 g/mol. The minimum absolute atomic E-state index is 0.00694. The highest BCUT2D eigenvalue weighted by Gasteiger charge is 2.32. The van der Waals surface area contributed by atoms with Crippen molar-refractivity contribution < 1.29 is 19.4 Å². The second-order valence-corrected chi connectivity index (χ2v) is 24.1. The van der Waals surface area contributed by atoms with Gasteiger partial charge in [-0.05, 0) is 65.8 Å². The Morgan fingerprint density at radius 1 is 0.491 bits per heavy atom. The molecule has 0 aromatic carbocycles. The summed E-state index contributed by atoms with van der Waals surface area (Å²) in [5.41, 5.74) is 1.22. The van der Waals surface area contributed by atoms with E-state index in [1.807, 2.05) is 55.4 Å². The smallest absolute Gasteiger partial charge is 0.227 e. The molecule has 7 nitrogen and oxygen atoms in total. The molecule has 0 rings (SSSR count). The van der Waals surface area contributed by atoms with Gasteiger partial charge in [0.2, 0.25) is 11.8 Å². The molecular weight excluding hydrogens is 659 g/mol. The van der Waals surface area contributed by atoms with Crippen LogP contribution in [-0.2, 0) is 14.3 Å². The van der Waals surface area contributed by atoms with E-state index in [0.29, 0.717) is 28.1 Å². The summed E-state index contributed by atoms with van der Waals surface area (Å²) in [5.74, 6) is 0.370. The van der Waals surface area contributed by atoms with Gasteiger partial charge < -0.3 is 24.5 Å². The van der Waals surface area contributed by atoms with Crippen molar-refractivity contribution in [2.24, 2.45) is 43.3 Å². The highest BCUT2D eigenvalue weighted by molar-refractivity contribution is 5.80. The van der Waals surface area contributed by atoms with Crippen molar-refractivity contribution in [3.05, 3.63) is 0 Å². The monoisotopic (exact) mass is 762 g/mol. The van der Waals surface area contributed by atoms with E-state index in [9.17, 15) is 14.7 Å². The van der Waals surface area contributed by atoms with Gasteiger partial charge in [-0.25, -0.2) is 0 Å². The number of carbonyl (C=O) groups excluding carboxylic acids is 2. The lowest BCUT2D eigenvalue weighted by Gasteiger charge is -2.38. The number of hydrogen-bond donors (Lipinski definition) is 1. The maximum absolute atomic E-state index is 11.1. The van der Waals surface area contributed by atoms with Crippen molar-refractivity contribution >= 4 is 11.8 Å². The van der Waals surface area contributed by atoms with Crippen LogP contribution in [-0.4, -0.2) is 99.8 Å². The molecule has 0 heterocycles. The Bertz CT molecular complexity index is 891. The van der Waals surface area contributed by atoms with Gasteiger partial charge in [0.05, 0.1) is 12.2 Å². The minimum atomic E-state index is -0.562. The standard InChI is InChI=1S/C9H20O.C8H17NO.C8H18.C7H15NO.C7H17N.C7H16O/c1-8(2,3)9(4,5)7-10-6;1-8(2,3)6-7(10)9(4)5;1-7(2,3)8(4,5)6;1-7(2,3)6(9)8(4)5;1-7(2,3)6-8(4)5;1-6(2,3)7(4,5)8/h7H2,1-6H3;6H2,1-5H3;1-6H3;1-5H3;6H2,1-5H3;8H,1-5H3. The van der Waals surface area contributed by atoms with E-state index in [1.165, 1.54) is 0 Å². The second-order valence-electron chi connectivity index (χ2n) is 24.1. The third-order valence-corrected chi connectivity index (χ3v) is 9.64. The number of amides is 2. The zero-order valence-corrected chi connectivity index (χ0v) is 42.6. The Kier molecular flexibility index (Phi) is 29.4. The van der Waals surface area contributed by atoms with E-state index in [0.717, 1.165) is 13.2 Å². The van der Waals surface area contributed by atoms with Crippen LogP contribution in [0.5, 0.6) is 0 Å². The maximum Gasteiger partial charge on any atom is 0.227 e. The van der Waals surface area contributed by atoms with Crippen LogP contribution in [0, 0.1) is 43.3 Å². The number of rotatable bonds is 4. The number of hydrogen-bond acceptors (Lipinski definition) is 5. The summed E-state index contributed by atoms with van der Waals surface area (Å²) in [5, 5.41) is 9.35. The first-order chi connectivity index (χ1) is 22.4. The summed E-state index contributed by atoms with van der Waals surface area (Å²) < 4.78 is 5.13. The fourth-order valence-corrected chi connectivity index (χ4v) is 2.81. The molecule has 0 aliphatic carbocycles. The molecule has 0 aromatic rings. The van der Waals surface area contributed by atoms with Crippen LogP contribution >= 0.6 is 0 Å². The van der Waals surface area contributed by atoms with E-state index < -0.39 is 5.60 Å². The topological polar surface area (TPSA) is 73.3 Å². The van der Waals surface area contributed by atoms with Gasteiger partial charge >= 0.3 is 0 Å². The van der Waals surface area contributed by atoms with Crippen LogP contribution in [0.1, 0.15) is 180 Å². The molecule has 0 spiro atoms. The van der Waals surface area contributed by atoms with E-state index in [1.54, 1.807) is 45.1 Å². The predicted molar refractivity (Wildman–Crippen MR) is 239 cm³/mol. The molecule has 326 valence electrons. The van der Waals surface area contributed by atoms with Crippen molar-refractivity contribution in [2.45, 2.75) is 185 Å². The Morgan fingerprint density at radius 3 is 0.830 bits per heavy atom. The van der Waals surface area contributed by atoms with Gasteiger partial charge in [-0.2, -0.15) is 0 Å². The molecule has 0 radical (unpaired) electrons. The number of carbonyl (C=O) groups is 2. The zero-order chi connectivity index (χ0) is 45.2. The lowest BCUT2D eigenvalue weighted by atomic mass is 9.70. The van der Waals surface area contributed by atoms with E-state index in [-0.39, 0.29) is 33.5 Å². The Morgan fingerprint density at radius 2 is 0.792 bits per heavy atom. The Balaban J connectivity index is -0.000000125. The van der Waals surface area contributed by atoms with Crippen LogP contribution in [0.15, 0.2) is 0 Å². The largest absolute Gasteiger partial charge is 0.390 e. The van der Waals surface area contributed by atoms with Crippen molar-refractivity contribution in [1.29, 1.82) is 0 Å². The van der Waals surface area contributed by atoms with Crippen LogP contribution in [0.25, 0.3) is 0 Å². The summed E-state index contributed by atoms with van der Waals surface area (Å²) in [6.45, 7) is 55.2. The van der Waals surface area contributed by atoms with Crippen LogP contribution in [0.4, 0.5) is 0 Å². The molecule has 0 saturated heterocycles. The fourth-order valence-electron chi connectivity index (χ4n) is 2.81. The maximum atomic E-state index is 11.1. The van der Waals surface area contributed by atoms with Gasteiger partial charge in [-0.15, -0.1) is 0 Å². The lowest BCUT2D eigenvalue weighted by molar-refractivity contribution is -0.136. The fraction of sp³-hybridized carbons (Fsp3) is 0.957. The number of aliphatic hydroxyl groups is 1. The Labute approximate surface area is 336 Å². The van der Waals surface area contributed by atoms with Crippen molar-refractivity contribution in [3.8, 4) is 0 Å². The van der Waals surface area contributed by atoms with Crippen molar-refractivity contribution in [2.75, 3.05) is 62.5 Å². The molecule has 0 aliphatic rings. The molecule has 0 fully saturated rings. The van der Waals surface area contributed by atoms with Gasteiger partial charge in [0.25, 0.3) is 0 Å². The summed E-state index contributed by atoms with van der Waals surface area (Å²) in [6, 6.07) is 0. The van der Waals surface area contributed by atoms with Crippen LogP contribution in [0.2, 0.25) is 0 Å². The van der Waals surface area contributed by atoms with E-state index in [4.69, 9.17) is 4.74 Å². The highest BCUT2D eigenvalue weighted by Crippen LogP contribution is 2.38. The van der Waals surface area contributed by atoms with Gasteiger partial charge in [0.15, 0.2) is 0 Å². The minimum Gasteiger partial charge on any atom is -0.390 e. The first-order valence-corrected chi connectivity index (χ1v) is 19.7. The molecule has 0 saturated carbocycles. The molecular formula is C46H103N3O4. The third kappa shape index (κ3) is 41.8. The van der Waals surface area contributed by atoms with Crippen LogP contribution in [0.3, 0.4) is 0 Å². The SMILES string of the molecule is CC(C)(C)C(C)(C)C.CC(C)(C)C(C)(C)O.CN(C)C(=O)C(C)(C)C.CN(C)C(=O)CC(C)(C)C.CN(C)CC(C)(C)C.COCC(C)(C)C(C)(C)C. The molecule has 7 heteroatoms. The van der Waals surface area contributed by atoms with Gasteiger partial charge in [-0.1, -0.05) is 159 Å². The number of ether oxygens (including phenoxy) is 1. The molecule has 2 amide bonds. The predicted octanol–water partition coefficient (Wildman–Crippen LogP) is 11.8. The molecule has 53 heavy (non-hydrogen) atoms. The first kappa shape index (κ1) is 63.7. The summed E-state index contributed by atoms with van der Waals surface area (Å²) in [4.78, 5) is 27.6. The normalized spacial score (nSPS) is 12.9. The van der Waals surface area contributed by atoms with E-state index in [2.05, 4.69) is 137 Å². The molecule has 0 aromatic heterocycles. The number of methoxy groups -OCH3 is 1. The summed E-state index contributed by atoms with van der Waals surface area (Å²) in [6.07, 6.45) is 0.625. The zero-order valence-electron chi connectivity index (χ0n) is 42.6. The third-order valence-electron chi connectivity index (χ3n) is 9.64. The van der Waals surface area contributed by atoms with Gasteiger partial charge in [-0.3, -0.25) is 9.59 Å². The van der Waals surface area contributed by atoms with Crippen LogP contribution < -0.4 is 0 Å².